The minimum atomic E-state index is -0.130. The summed E-state index contributed by atoms with van der Waals surface area (Å²) in [6, 6.07) is 8.49. The zero-order chi connectivity index (χ0) is 19.6. The van der Waals surface area contributed by atoms with E-state index in [9.17, 15) is 4.79 Å². The van der Waals surface area contributed by atoms with Crippen LogP contribution in [0, 0.1) is 0 Å². The largest absolute Gasteiger partial charge is 0.469 e. The van der Waals surface area contributed by atoms with Gasteiger partial charge in [0.1, 0.15) is 0 Å². The van der Waals surface area contributed by atoms with Crippen molar-refractivity contribution in [2.24, 2.45) is 0 Å². The summed E-state index contributed by atoms with van der Waals surface area (Å²) < 4.78 is 4.71. The lowest BCUT2D eigenvalue weighted by molar-refractivity contribution is -0.140. The SMILES string of the molecule is CCCCC/C=C\C/C=C\C/C=C\Cc1ccccc1CCCC(=O)OC. The number of allylic oxidation sites excluding steroid dienone is 6. The van der Waals surface area contributed by atoms with E-state index in [0.29, 0.717) is 6.42 Å². The van der Waals surface area contributed by atoms with Crippen LogP contribution < -0.4 is 0 Å². The molecule has 0 unspecified atom stereocenters. The molecule has 0 aliphatic carbocycles. The molecule has 0 N–H and O–H groups in total. The fourth-order valence-corrected chi connectivity index (χ4v) is 2.91. The predicted octanol–water partition coefficient (Wildman–Crippen LogP) is 6.75. The number of ether oxygens (including phenoxy) is 1. The van der Waals surface area contributed by atoms with Gasteiger partial charge in [-0.1, -0.05) is 80.5 Å². The summed E-state index contributed by atoms with van der Waals surface area (Å²) in [6.45, 7) is 2.24. The third-order valence-corrected chi connectivity index (χ3v) is 4.53. The molecular weight excluding hydrogens is 332 g/mol. The van der Waals surface area contributed by atoms with Crippen molar-refractivity contribution in [2.45, 2.75) is 71.1 Å². The number of benzene rings is 1. The molecule has 0 spiro atoms. The van der Waals surface area contributed by atoms with Crippen LogP contribution in [0.5, 0.6) is 0 Å². The summed E-state index contributed by atoms with van der Waals surface area (Å²) in [4.78, 5) is 11.2. The number of aryl methyl sites for hydroxylation is 1. The Labute approximate surface area is 166 Å². The summed E-state index contributed by atoms with van der Waals surface area (Å²) >= 11 is 0. The average molecular weight is 369 g/mol. The monoisotopic (exact) mass is 368 g/mol. The Kier molecular flexibility index (Phi) is 13.7. The lowest BCUT2D eigenvalue weighted by atomic mass is 9.99. The minimum absolute atomic E-state index is 0.130. The Bertz CT molecular complexity index is 596. The number of esters is 1. The molecule has 148 valence electrons. The third-order valence-electron chi connectivity index (χ3n) is 4.53. The van der Waals surface area contributed by atoms with E-state index in [1.54, 1.807) is 0 Å². The molecule has 1 aromatic rings. The maximum atomic E-state index is 11.2. The minimum Gasteiger partial charge on any atom is -0.469 e. The van der Waals surface area contributed by atoms with E-state index in [4.69, 9.17) is 4.74 Å². The summed E-state index contributed by atoms with van der Waals surface area (Å²) in [5.41, 5.74) is 2.67. The number of hydrogen-bond acceptors (Lipinski definition) is 2. The molecule has 2 nitrogen and oxygen atoms in total. The fraction of sp³-hybridized carbons (Fsp3) is 0.480. The molecular formula is C25H36O2. The molecule has 0 amide bonds. The molecule has 0 fully saturated rings. The molecule has 0 bridgehead atoms. The molecule has 0 aliphatic rings. The normalized spacial score (nSPS) is 11.8. The second-order valence-electron chi connectivity index (χ2n) is 6.78. The highest BCUT2D eigenvalue weighted by Crippen LogP contribution is 2.14. The van der Waals surface area contributed by atoms with Gasteiger partial charge in [-0.15, -0.1) is 0 Å². The molecule has 27 heavy (non-hydrogen) atoms. The number of methoxy groups -OCH3 is 1. The van der Waals surface area contributed by atoms with E-state index in [1.807, 2.05) is 0 Å². The van der Waals surface area contributed by atoms with Crippen LogP contribution in [0.2, 0.25) is 0 Å². The van der Waals surface area contributed by atoms with Gasteiger partial charge in [0.25, 0.3) is 0 Å². The molecule has 0 aromatic heterocycles. The van der Waals surface area contributed by atoms with Crippen LogP contribution in [0.15, 0.2) is 60.7 Å². The number of rotatable bonds is 14. The summed E-state index contributed by atoms with van der Waals surface area (Å²) in [5, 5.41) is 0. The second-order valence-corrected chi connectivity index (χ2v) is 6.78. The second kappa shape index (κ2) is 16.1. The van der Waals surface area contributed by atoms with Gasteiger partial charge >= 0.3 is 5.97 Å². The summed E-state index contributed by atoms with van der Waals surface area (Å²) in [6.07, 6.45) is 23.8. The van der Waals surface area contributed by atoms with Gasteiger partial charge in [-0.2, -0.15) is 0 Å². The smallest absolute Gasteiger partial charge is 0.305 e. The Morgan fingerprint density at radius 1 is 0.889 bits per heavy atom. The molecule has 0 atom stereocenters. The van der Waals surface area contributed by atoms with E-state index in [-0.39, 0.29) is 5.97 Å². The molecule has 2 heteroatoms. The van der Waals surface area contributed by atoms with E-state index < -0.39 is 0 Å². The van der Waals surface area contributed by atoms with Gasteiger partial charge in [-0.05, 0) is 56.1 Å². The van der Waals surface area contributed by atoms with Crippen molar-refractivity contribution < 1.29 is 9.53 Å². The maximum absolute atomic E-state index is 11.2. The van der Waals surface area contributed by atoms with Gasteiger partial charge in [0.05, 0.1) is 7.11 Å². The molecule has 1 rings (SSSR count). The maximum Gasteiger partial charge on any atom is 0.305 e. The lowest BCUT2D eigenvalue weighted by Crippen LogP contribution is -2.01. The van der Waals surface area contributed by atoms with Crippen molar-refractivity contribution in [3.05, 3.63) is 71.8 Å². The van der Waals surface area contributed by atoms with Crippen LogP contribution >= 0.6 is 0 Å². The number of carbonyl (C=O) groups is 1. The Balaban J connectivity index is 2.26. The molecule has 0 saturated heterocycles. The van der Waals surface area contributed by atoms with E-state index >= 15 is 0 Å². The average Bonchev–Trinajstić information content (AvgIpc) is 2.69. The summed E-state index contributed by atoms with van der Waals surface area (Å²) in [7, 11) is 1.44. The van der Waals surface area contributed by atoms with Crippen molar-refractivity contribution >= 4 is 5.97 Å². The number of hydrogen-bond donors (Lipinski definition) is 0. The first-order valence-electron chi connectivity index (χ1n) is 10.4. The van der Waals surface area contributed by atoms with E-state index in [1.165, 1.54) is 43.9 Å². The molecule has 0 aliphatic heterocycles. The van der Waals surface area contributed by atoms with E-state index in [2.05, 4.69) is 67.6 Å². The van der Waals surface area contributed by atoms with Crippen LogP contribution in [0.4, 0.5) is 0 Å². The lowest BCUT2D eigenvalue weighted by Gasteiger charge is -2.07. The topological polar surface area (TPSA) is 26.3 Å². The Morgan fingerprint density at radius 3 is 2.26 bits per heavy atom. The van der Waals surface area contributed by atoms with Crippen molar-refractivity contribution in [2.75, 3.05) is 7.11 Å². The standard InChI is InChI=1S/C25H36O2/c1-3-4-5-6-7-8-9-10-11-12-13-14-18-23-19-15-16-20-24(23)21-17-22-25(26)27-2/h7-8,10-11,13-16,19-20H,3-6,9,12,17-18,21-22H2,1-2H3/b8-7-,11-10-,14-13-. The van der Waals surface area contributed by atoms with Crippen LogP contribution in [0.3, 0.4) is 0 Å². The van der Waals surface area contributed by atoms with Gasteiger partial charge < -0.3 is 4.74 Å². The van der Waals surface area contributed by atoms with Crippen LogP contribution in [0.1, 0.15) is 69.4 Å². The first-order valence-corrected chi connectivity index (χ1v) is 10.4. The summed E-state index contributed by atoms with van der Waals surface area (Å²) in [5.74, 6) is -0.130. The molecule has 1 aromatic carbocycles. The molecule has 0 heterocycles. The van der Waals surface area contributed by atoms with Crippen molar-refractivity contribution in [3.63, 3.8) is 0 Å². The van der Waals surface area contributed by atoms with Crippen LogP contribution in [-0.4, -0.2) is 13.1 Å². The van der Waals surface area contributed by atoms with Gasteiger partial charge in [0.2, 0.25) is 0 Å². The van der Waals surface area contributed by atoms with Gasteiger partial charge in [-0.25, -0.2) is 0 Å². The zero-order valence-corrected chi connectivity index (χ0v) is 17.2. The Hall–Kier alpha value is -2.09. The zero-order valence-electron chi connectivity index (χ0n) is 17.2. The quantitative estimate of drug-likeness (QED) is 0.206. The third kappa shape index (κ3) is 12.0. The van der Waals surface area contributed by atoms with Crippen LogP contribution in [0.25, 0.3) is 0 Å². The Morgan fingerprint density at radius 2 is 1.56 bits per heavy atom. The molecule has 0 saturated carbocycles. The van der Waals surface area contributed by atoms with Gasteiger partial charge in [0, 0.05) is 6.42 Å². The highest BCUT2D eigenvalue weighted by molar-refractivity contribution is 5.69. The molecule has 0 radical (unpaired) electrons. The van der Waals surface area contributed by atoms with Crippen LogP contribution in [-0.2, 0) is 22.4 Å². The van der Waals surface area contributed by atoms with Gasteiger partial charge in [-0.3, -0.25) is 4.79 Å². The predicted molar refractivity (Wildman–Crippen MR) is 116 cm³/mol. The number of carbonyl (C=O) groups excluding carboxylic acids is 1. The highest BCUT2D eigenvalue weighted by atomic mass is 16.5. The first kappa shape index (κ1) is 23.0. The van der Waals surface area contributed by atoms with Crippen molar-refractivity contribution in [1.82, 2.24) is 0 Å². The van der Waals surface area contributed by atoms with E-state index in [0.717, 1.165) is 32.1 Å². The van der Waals surface area contributed by atoms with Crippen molar-refractivity contribution in [1.29, 1.82) is 0 Å². The highest BCUT2D eigenvalue weighted by Gasteiger charge is 2.03. The number of unbranched alkanes of at least 4 members (excludes halogenated alkanes) is 3. The van der Waals surface area contributed by atoms with Gasteiger partial charge in [0.15, 0.2) is 0 Å². The fourth-order valence-electron chi connectivity index (χ4n) is 2.91. The van der Waals surface area contributed by atoms with Crippen molar-refractivity contribution in [3.8, 4) is 0 Å². The first-order chi connectivity index (χ1) is 13.3.